The van der Waals surface area contributed by atoms with Gasteiger partial charge in [-0.3, -0.25) is 4.68 Å². The molecule has 2 aromatic rings. The van der Waals surface area contributed by atoms with Crippen molar-refractivity contribution in [3.63, 3.8) is 0 Å². The van der Waals surface area contributed by atoms with Crippen molar-refractivity contribution in [1.82, 2.24) is 14.8 Å². The lowest BCUT2D eigenvalue weighted by Gasteiger charge is -2.33. The van der Waals surface area contributed by atoms with Crippen LogP contribution in [0.25, 0.3) is 0 Å². The van der Waals surface area contributed by atoms with Gasteiger partial charge in [-0.05, 0) is 31.0 Å². The third-order valence-electron chi connectivity index (χ3n) is 4.23. The lowest BCUT2D eigenvalue weighted by atomic mass is 9.95. The predicted octanol–water partition coefficient (Wildman–Crippen LogP) is 2.67. The van der Waals surface area contributed by atoms with Crippen molar-refractivity contribution in [3.8, 4) is 0 Å². The number of hydrogen-bond acceptors (Lipinski definition) is 4. The molecule has 0 aliphatic carbocycles. The molecule has 0 spiro atoms. The number of anilines is 1. The molecule has 0 bridgehead atoms. The second-order valence-corrected chi connectivity index (χ2v) is 5.91. The van der Waals surface area contributed by atoms with E-state index in [1.54, 1.807) is 4.68 Å². The Morgan fingerprint density at radius 2 is 2.12 bits per heavy atom. The molecule has 0 radical (unpaired) electrons. The zero-order valence-corrected chi connectivity index (χ0v) is 13.1. The van der Waals surface area contributed by atoms with Gasteiger partial charge >= 0.3 is 6.18 Å². The van der Waals surface area contributed by atoms with Crippen molar-refractivity contribution in [2.24, 2.45) is 0 Å². The molecular formula is C16H19F3N4O. The minimum Gasteiger partial charge on any atom is -0.394 e. The maximum absolute atomic E-state index is 12.9. The largest absolute Gasteiger partial charge is 0.416 e. The normalized spacial score (nSPS) is 18.8. The molecule has 1 N–H and O–H groups in total. The number of hydrogen-bond donors (Lipinski definition) is 1. The highest BCUT2D eigenvalue weighted by molar-refractivity contribution is 5.43. The van der Waals surface area contributed by atoms with Crippen molar-refractivity contribution in [2.45, 2.75) is 31.5 Å². The van der Waals surface area contributed by atoms with Gasteiger partial charge in [0.1, 0.15) is 5.82 Å². The highest BCUT2D eigenvalue weighted by atomic mass is 19.4. The summed E-state index contributed by atoms with van der Waals surface area (Å²) < 4.78 is 40.3. The van der Waals surface area contributed by atoms with Crippen molar-refractivity contribution >= 4 is 5.82 Å². The molecule has 8 heteroatoms. The van der Waals surface area contributed by atoms with Crippen LogP contribution >= 0.6 is 0 Å². The molecule has 2 aromatic heterocycles. The third-order valence-corrected chi connectivity index (χ3v) is 4.23. The minimum atomic E-state index is -4.37. The van der Waals surface area contributed by atoms with Crippen LogP contribution in [0.15, 0.2) is 30.6 Å². The fourth-order valence-electron chi connectivity index (χ4n) is 3.02. The average molecular weight is 340 g/mol. The molecule has 1 fully saturated rings. The van der Waals surface area contributed by atoms with Gasteiger partial charge in [-0.1, -0.05) is 0 Å². The van der Waals surface area contributed by atoms with Gasteiger partial charge in [0.2, 0.25) is 0 Å². The van der Waals surface area contributed by atoms with Gasteiger partial charge in [-0.2, -0.15) is 18.3 Å². The van der Waals surface area contributed by atoms with Crippen molar-refractivity contribution in [3.05, 3.63) is 41.9 Å². The number of aromatic nitrogens is 3. The standard InChI is InChI=1S/C16H19F3N4O/c17-16(18,19)13-3-5-20-15(10-13)22-6-1-2-12(11-22)14-4-7-23(21-14)8-9-24/h3-5,7,10,12,24H,1-2,6,8-9,11H2/t12-/m1/s1. The average Bonchev–Trinajstić information content (AvgIpc) is 3.03. The Kier molecular flexibility index (Phi) is 4.75. The van der Waals surface area contributed by atoms with E-state index in [9.17, 15) is 13.2 Å². The second kappa shape index (κ2) is 6.80. The van der Waals surface area contributed by atoms with Crippen LogP contribution in [0.2, 0.25) is 0 Å². The van der Waals surface area contributed by atoms with E-state index in [1.165, 1.54) is 6.20 Å². The van der Waals surface area contributed by atoms with Gasteiger partial charge < -0.3 is 10.0 Å². The predicted molar refractivity (Wildman–Crippen MR) is 82.7 cm³/mol. The zero-order chi connectivity index (χ0) is 17.2. The van der Waals surface area contributed by atoms with Crippen molar-refractivity contribution in [1.29, 1.82) is 0 Å². The minimum absolute atomic E-state index is 0.0199. The smallest absolute Gasteiger partial charge is 0.394 e. The monoisotopic (exact) mass is 340 g/mol. The molecule has 130 valence electrons. The maximum Gasteiger partial charge on any atom is 0.416 e. The van der Waals surface area contributed by atoms with E-state index in [1.807, 2.05) is 17.2 Å². The fourth-order valence-corrected chi connectivity index (χ4v) is 3.02. The molecule has 0 unspecified atom stereocenters. The molecule has 0 saturated carbocycles. The van der Waals surface area contributed by atoms with E-state index >= 15 is 0 Å². The first-order chi connectivity index (χ1) is 11.5. The van der Waals surface area contributed by atoms with Crippen LogP contribution in [0.4, 0.5) is 19.0 Å². The van der Waals surface area contributed by atoms with E-state index in [4.69, 9.17) is 5.11 Å². The van der Waals surface area contributed by atoms with Crippen LogP contribution in [0.3, 0.4) is 0 Å². The summed E-state index contributed by atoms with van der Waals surface area (Å²) in [4.78, 5) is 5.99. The summed E-state index contributed by atoms with van der Waals surface area (Å²) >= 11 is 0. The molecule has 3 rings (SSSR count). The van der Waals surface area contributed by atoms with Crippen molar-refractivity contribution in [2.75, 3.05) is 24.6 Å². The summed E-state index contributed by atoms with van der Waals surface area (Å²) in [5, 5.41) is 13.4. The van der Waals surface area contributed by atoms with Crippen LogP contribution in [-0.4, -0.2) is 39.6 Å². The van der Waals surface area contributed by atoms with Crippen LogP contribution in [0.1, 0.15) is 30.0 Å². The van der Waals surface area contributed by atoms with E-state index in [0.717, 1.165) is 30.7 Å². The Morgan fingerprint density at radius 3 is 2.88 bits per heavy atom. The molecule has 0 amide bonds. The topological polar surface area (TPSA) is 54.2 Å². The molecule has 5 nitrogen and oxygen atoms in total. The molecule has 1 aliphatic rings. The Morgan fingerprint density at radius 1 is 1.29 bits per heavy atom. The van der Waals surface area contributed by atoms with Gasteiger partial charge in [-0.25, -0.2) is 4.98 Å². The number of halogens is 3. The number of nitrogens with zero attached hydrogens (tertiary/aromatic N) is 4. The van der Waals surface area contributed by atoms with Crippen LogP contribution in [0, 0.1) is 0 Å². The molecule has 24 heavy (non-hydrogen) atoms. The SMILES string of the molecule is OCCn1ccc([C@@H]2CCCN(c3cc(C(F)(F)F)ccn3)C2)n1. The van der Waals surface area contributed by atoms with Crippen molar-refractivity contribution < 1.29 is 18.3 Å². The summed E-state index contributed by atoms with van der Waals surface area (Å²) in [6, 6.07) is 4.00. The third kappa shape index (κ3) is 3.69. The first-order valence-corrected chi connectivity index (χ1v) is 7.90. The number of alkyl halides is 3. The lowest BCUT2D eigenvalue weighted by Crippen LogP contribution is -2.35. The molecule has 1 aliphatic heterocycles. The summed E-state index contributed by atoms with van der Waals surface area (Å²) in [5.41, 5.74) is 0.224. The first kappa shape index (κ1) is 16.8. The Hall–Kier alpha value is -2.09. The van der Waals surface area contributed by atoms with E-state index in [-0.39, 0.29) is 12.5 Å². The lowest BCUT2D eigenvalue weighted by molar-refractivity contribution is -0.137. The number of piperidine rings is 1. The Balaban J connectivity index is 1.75. The molecule has 0 aromatic carbocycles. The summed E-state index contributed by atoms with van der Waals surface area (Å²) in [7, 11) is 0. The summed E-state index contributed by atoms with van der Waals surface area (Å²) in [5.74, 6) is 0.499. The maximum atomic E-state index is 12.9. The van der Waals surface area contributed by atoms with Gasteiger partial charge in [-0.15, -0.1) is 0 Å². The van der Waals surface area contributed by atoms with Crippen LogP contribution in [-0.2, 0) is 12.7 Å². The number of rotatable bonds is 4. The summed E-state index contributed by atoms with van der Waals surface area (Å²) in [6.07, 6.45) is 0.460. The van der Waals surface area contributed by atoms with E-state index < -0.39 is 11.7 Å². The molecule has 1 saturated heterocycles. The highest BCUT2D eigenvalue weighted by Gasteiger charge is 2.32. The highest BCUT2D eigenvalue weighted by Crippen LogP contribution is 2.33. The molecular weight excluding hydrogens is 321 g/mol. The number of aliphatic hydroxyl groups excluding tert-OH is 1. The number of aliphatic hydroxyl groups is 1. The molecule has 1 atom stereocenters. The Bertz CT molecular complexity index is 686. The van der Waals surface area contributed by atoms with Gasteiger partial charge in [0, 0.05) is 31.4 Å². The van der Waals surface area contributed by atoms with Gasteiger partial charge in [0.15, 0.2) is 0 Å². The first-order valence-electron chi connectivity index (χ1n) is 7.90. The zero-order valence-electron chi connectivity index (χ0n) is 13.1. The second-order valence-electron chi connectivity index (χ2n) is 5.91. The van der Waals surface area contributed by atoms with E-state index in [2.05, 4.69) is 10.1 Å². The van der Waals surface area contributed by atoms with Gasteiger partial charge in [0.25, 0.3) is 0 Å². The number of pyridine rings is 1. The van der Waals surface area contributed by atoms with Crippen LogP contribution < -0.4 is 4.90 Å². The van der Waals surface area contributed by atoms with Gasteiger partial charge in [0.05, 0.1) is 24.4 Å². The van der Waals surface area contributed by atoms with Crippen LogP contribution in [0.5, 0.6) is 0 Å². The van der Waals surface area contributed by atoms with E-state index in [0.29, 0.717) is 25.5 Å². The Labute approximate surface area is 137 Å². The fraction of sp³-hybridized carbons (Fsp3) is 0.500. The molecule has 3 heterocycles. The summed E-state index contributed by atoms with van der Waals surface area (Å²) in [6.45, 7) is 1.73. The quantitative estimate of drug-likeness (QED) is 0.930.